The van der Waals surface area contributed by atoms with Crippen LogP contribution >= 0.6 is 0 Å². The van der Waals surface area contributed by atoms with Crippen molar-refractivity contribution in [1.82, 2.24) is 20.0 Å². The van der Waals surface area contributed by atoms with Crippen molar-refractivity contribution in [3.63, 3.8) is 0 Å². The number of rotatable bonds is 5. The van der Waals surface area contributed by atoms with E-state index in [4.69, 9.17) is 0 Å². The molecule has 2 aliphatic heterocycles. The first-order chi connectivity index (χ1) is 18.0. The molecule has 6 nitrogen and oxygen atoms in total. The summed E-state index contributed by atoms with van der Waals surface area (Å²) in [4.78, 5) is 31.9. The first-order valence-corrected chi connectivity index (χ1v) is 13.3. The van der Waals surface area contributed by atoms with Crippen molar-refractivity contribution in [2.24, 2.45) is 0 Å². The number of halogens is 1. The van der Waals surface area contributed by atoms with Gasteiger partial charge in [-0.15, -0.1) is 0 Å². The minimum Gasteiger partial charge on any atom is -0.341 e. The molecule has 0 bridgehead atoms. The Morgan fingerprint density at radius 1 is 0.784 bits per heavy atom. The van der Waals surface area contributed by atoms with Crippen LogP contribution in [0.15, 0.2) is 66.7 Å². The van der Waals surface area contributed by atoms with Crippen molar-refractivity contribution in [2.75, 3.05) is 39.3 Å². The smallest absolute Gasteiger partial charge is 0.317 e. The second-order valence-electron chi connectivity index (χ2n) is 10.2. The molecule has 0 saturated carbocycles. The Morgan fingerprint density at radius 3 is 2.30 bits per heavy atom. The van der Waals surface area contributed by atoms with E-state index < -0.39 is 0 Å². The molecular weight excluding hydrogens is 467 g/mol. The number of benzene rings is 3. The van der Waals surface area contributed by atoms with Gasteiger partial charge in [-0.25, -0.2) is 9.18 Å². The zero-order valence-corrected chi connectivity index (χ0v) is 21.2. The molecule has 0 spiro atoms. The van der Waals surface area contributed by atoms with Gasteiger partial charge < -0.3 is 15.1 Å². The minimum atomic E-state index is -0.210. The fourth-order valence-electron chi connectivity index (χ4n) is 5.38. The average Bonchev–Trinajstić information content (AvgIpc) is 3.17. The molecule has 37 heavy (non-hydrogen) atoms. The van der Waals surface area contributed by atoms with Gasteiger partial charge in [0.25, 0.3) is 0 Å². The van der Waals surface area contributed by atoms with E-state index in [9.17, 15) is 14.0 Å². The molecule has 194 valence electrons. The second kappa shape index (κ2) is 11.7. The van der Waals surface area contributed by atoms with Crippen molar-refractivity contribution in [3.8, 4) is 0 Å². The van der Waals surface area contributed by atoms with Gasteiger partial charge in [0.2, 0.25) is 5.91 Å². The number of carbonyl (C=O) groups excluding carboxylic acids is 2. The van der Waals surface area contributed by atoms with Crippen LogP contribution in [0.4, 0.5) is 9.18 Å². The third kappa shape index (κ3) is 6.66. The van der Waals surface area contributed by atoms with Gasteiger partial charge in [-0.2, -0.15) is 0 Å². The van der Waals surface area contributed by atoms with Crippen molar-refractivity contribution in [3.05, 3.63) is 83.7 Å². The molecular formula is C30H35FN4O2. The maximum absolute atomic E-state index is 13.4. The standard InChI is InChI=1S/C30H35FN4O2/c31-27-10-9-25-19-24(7-8-26(25)21-27)22-33-15-11-28(12-16-33)32-30(37)35-14-4-13-34(17-18-35)29(36)20-23-5-2-1-3-6-23/h1-3,5-10,19,21,28H,4,11-18,20,22H2,(H,32,37). The van der Waals surface area contributed by atoms with Crippen LogP contribution in [-0.2, 0) is 17.8 Å². The monoisotopic (exact) mass is 502 g/mol. The molecule has 0 radical (unpaired) electrons. The number of amides is 3. The number of nitrogens with one attached hydrogen (secondary N) is 1. The first-order valence-electron chi connectivity index (χ1n) is 13.3. The highest BCUT2D eigenvalue weighted by Crippen LogP contribution is 2.20. The quantitative estimate of drug-likeness (QED) is 0.562. The molecule has 0 atom stereocenters. The third-order valence-electron chi connectivity index (χ3n) is 7.52. The highest BCUT2D eigenvalue weighted by molar-refractivity contribution is 5.83. The number of hydrogen-bond donors (Lipinski definition) is 1. The van der Waals surface area contributed by atoms with Crippen LogP contribution in [0.5, 0.6) is 0 Å². The Labute approximate surface area is 218 Å². The first kappa shape index (κ1) is 25.2. The number of nitrogens with zero attached hydrogens (tertiary/aromatic N) is 3. The van der Waals surface area contributed by atoms with Gasteiger partial charge in [0.05, 0.1) is 6.42 Å². The van der Waals surface area contributed by atoms with Crippen LogP contribution in [0.1, 0.15) is 30.4 Å². The summed E-state index contributed by atoms with van der Waals surface area (Å²) in [5, 5.41) is 5.21. The van der Waals surface area contributed by atoms with Crippen LogP contribution in [0, 0.1) is 5.82 Å². The molecule has 3 amide bonds. The fourth-order valence-corrected chi connectivity index (χ4v) is 5.38. The number of urea groups is 1. The van der Waals surface area contributed by atoms with E-state index in [2.05, 4.69) is 22.3 Å². The molecule has 2 saturated heterocycles. The molecule has 7 heteroatoms. The summed E-state index contributed by atoms with van der Waals surface area (Å²) in [5.41, 5.74) is 2.24. The summed E-state index contributed by atoms with van der Waals surface area (Å²) >= 11 is 0. The number of hydrogen-bond acceptors (Lipinski definition) is 3. The van der Waals surface area contributed by atoms with E-state index in [0.717, 1.165) is 55.2 Å². The van der Waals surface area contributed by atoms with Gasteiger partial charge in [-0.05, 0) is 59.4 Å². The fraction of sp³-hybridized carbons (Fsp3) is 0.400. The van der Waals surface area contributed by atoms with E-state index >= 15 is 0 Å². The summed E-state index contributed by atoms with van der Waals surface area (Å²) in [6.45, 7) is 5.21. The van der Waals surface area contributed by atoms with Crippen LogP contribution in [0.25, 0.3) is 10.8 Å². The van der Waals surface area contributed by atoms with Gasteiger partial charge in [0, 0.05) is 51.9 Å². The number of carbonyl (C=O) groups is 2. The van der Waals surface area contributed by atoms with Crippen LogP contribution in [0.2, 0.25) is 0 Å². The summed E-state index contributed by atoms with van der Waals surface area (Å²) in [6, 6.07) is 21.1. The zero-order chi connectivity index (χ0) is 25.6. The zero-order valence-electron chi connectivity index (χ0n) is 21.2. The Hall–Kier alpha value is -3.45. The van der Waals surface area contributed by atoms with Gasteiger partial charge in [-0.3, -0.25) is 9.69 Å². The third-order valence-corrected chi connectivity index (χ3v) is 7.52. The number of likely N-dealkylation sites (tertiary alicyclic amines) is 1. The Balaban J connectivity index is 1.06. The largest absolute Gasteiger partial charge is 0.341 e. The van der Waals surface area contributed by atoms with Gasteiger partial charge >= 0.3 is 6.03 Å². The van der Waals surface area contributed by atoms with E-state index in [0.29, 0.717) is 32.6 Å². The van der Waals surface area contributed by atoms with Crippen LogP contribution < -0.4 is 5.32 Å². The highest BCUT2D eigenvalue weighted by atomic mass is 19.1. The van der Waals surface area contributed by atoms with E-state index in [1.54, 1.807) is 6.07 Å². The molecule has 2 fully saturated rings. The normalized spacial score (nSPS) is 17.5. The molecule has 5 rings (SSSR count). The van der Waals surface area contributed by atoms with E-state index in [-0.39, 0.29) is 23.8 Å². The van der Waals surface area contributed by atoms with E-state index in [1.807, 2.05) is 52.3 Å². The lowest BCUT2D eigenvalue weighted by atomic mass is 10.0. The lowest BCUT2D eigenvalue weighted by Gasteiger charge is -2.33. The summed E-state index contributed by atoms with van der Waals surface area (Å²) in [7, 11) is 0. The Kier molecular flexibility index (Phi) is 7.99. The molecule has 0 unspecified atom stereocenters. The Morgan fingerprint density at radius 2 is 1.49 bits per heavy atom. The highest BCUT2D eigenvalue weighted by Gasteiger charge is 2.25. The Bertz CT molecular complexity index is 1230. The van der Waals surface area contributed by atoms with Gasteiger partial charge in [-0.1, -0.05) is 48.5 Å². The van der Waals surface area contributed by atoms with Crippen molar-refractivity contribution >= 4 is 22.7 Å². The average molecular weight is 503 g/mol. The number of piperidine rings is 1. The minimum absolute atomic E-state index is 0.0161. The van der Waals surface area contributed by atoms with Crippen molar-refractivity contribution in [1.29, 1.82) is 0 Å². The predicted molar refractivity (Wildman–Crippen MR) is 144 cm³/mol. The SMILES string of the molecule is O=C(Cc1ccccc1)N1CCCN(C(=O)NC2CCN(Cc3ccc4cc(F)ccc4c3)CC2)CC1. The summed E-state index contributed by atoms with van der Waals surface area (Å²) in [5.74, 6) is -0.0853. The maximum atomic E-state index is 13.4. The van der Waals surface area contributed by atoms with Crippen molar-refractivity contribution in [2.45, 2.75) is 38.3 Å². The lowest BCUT2D eigenvalue weighted by molar-refractivity contribution is -0.130. The van der Waals surface area contributed by atoms with E-state index in [1.165, 1.54) is 11.6 Å². The lowest BCUT2D eigenvalue weighted by Crippen LogP contribution is -2.50. The topological polar surface area (TPSA) is 55.9 Å². The van der Waals surface area contributed by atoms with Gasteiger partial charge in [0.1, 0.15) is 5.82 Å². The molecule has 0 aromatic heterocycles. The second-order valence-corrected chi connectivity index (χ2v) is 10.2. The molecule has 2 heterocycles. The van der Waals surface area contributed by atoms with Crippen LogP contribution in [0.3, 0.4) is 0 Å². The van der Waals surface area contributed by atoms with Gasteiger partial charge in [0.15, 0.2) is 0 Å². The molecule has 1 N–H and O–H groups in total. The number of fused-ring (bicyclic) bond motifs is 1. The molecule has 3 aromatic carbocycles. The van der Waals surface area contributed by atoms with Crippen molar-refractivity contribution < 1.29 is 14.0 Å². The molecule has 0 aliphatic carbocycles. The maximum Gasteiger partial charge on any atom is 0.317 e. The molecule has 3 aromatic rings. The summed E-state index contributed by atoms with van der Waals surface area (Å²) < 4.78 is 13.4. The molecule has 2 aliphatic rings. The summed E-state index contributed by atoms with van der Waals surface area (Å²) in [6.07, 6.45) is 3.04. The van der Waals surface area contributed by atoms with Crippen LogP contribution in [-0.4, -0.2) is 71.9 Å². The predicted octanol–water partition coefficient (Wildman–Crippen LogP) is 4.43.